The number of benzene rings is 2. The molecule has 1 saturated carbocycles. The molecule has 33 heavy (non-hydrogen) atoms. The van der Waals surface area contributed by atoms with Crippen LogP contribution >= 0.6 is 0 Å². The van der Waals surface area contributed by atoms with Crippen LogP contribution in [-0.2, 0) is 18.3 Å². The molecule has 170 valence electrons. The lowest BCUT2D eigenvalue weighted by Crippen LogP contribution is -2.44. The van der Waals surface area contributed by atoms with Crippen molar-refractivity contribution in [2.75, 3.05) is 0 Å². The maximum Gasteiger partial charge on any atom is 0.248 e. The van der Waals surface area contributed by atoms with Gasteiger partial charge in [0.05, 0.1) is 5.41 Å². The van der Waals surface area contributed by atoms with Crippen LogP contribution in [0.1, 0.15) is 74.5 Å². The number of nitrogens with two attached hydrogens (primary N) is 3. The molecule has 2 aliphatic rings. The highest BCUT2D eigenvalue weighted by atomic mass is 16.1. The lowest BCUT2D eigenvalue weighted by atomic mass is 9.64. The van der Waals surface area contributed by atoms with Crippen LogP contribution in [0.3, 0.4) is 0 Å². The summed E-state index contributed by atoms with van der Waals surface area (Å²) in [6.45, 7) is 0. The summed E-state index contributed by atoms with van der Waals surface area (Å²) >= 11 is 0. The van der Waals surface area contributed by atoms with E-state index in [4.69, 9.17) is 17.2 Å². The maximum atomic E-state index is 11.9. The molecule has 2 aliphatic carbocycles. The molecule has 0 spiro atoms. The number of fused-ring (bicyclic) bond motifs is 2. The van der Waals surface area contributed by atoms with Crippen molar-refractivity contribution < 1.29 is 9.59 Å². The van der Waals surface area contributed by atoms with E-state index in [1.807, 2.05) is 24.3 Å². The molecule has 9 heteroatoms. The van der Waals surface area contributed by atoms with Crippen molar-refractivity contribution in [1.82, 2.24) is 20.6 Å². The van der Waals surface area contributed by atoms with Gasteiger partial charge in [0.2, 0.25) is 11.8 Å². The molecule has 7 N–H and O–H groups in total. The average molecular weight is 446 g/mol. The Hall–Kier alpha value is -3.59. The molecule has 2 amide bonds. The van der Waals surface area contributed by atoms with Crippen molar-refractivity contribution in [3.05, 3.63) is 75.6 Å². The van der Waals surface area contributed by atoms with Crippen LogP contribution < -0.4 is 17.2 Å². The summed E-state index contributed by atoms with van der Waals surface area (Å²) in [5.41, 5.74) is 22.0. The number of primary amides is 2. The first-order valence-corrected chi connectivity index (χ1v) is 11.3. The average Bonchev–Trinajstić information content (AvgIpc) is 3.26. The number of carbonyl (C=O) groups is 2. The number of aryl methyl sites for hydroxylation is 2. The zero-order valence-electron chi connectivity index (χ0n) is 18.3. The number of nitrogens with one attached hydrogen (secondary N) is 1. The van der Waals surface area contributed by atoms with Crippen molar-refractivity contribution in [3.63, 3.8) is 0 Å². The predicted molar refractivity (Wildman–Crippen MR) is 121 cm³/mol. The van der Waals surface area contributed by atoms with E-state index in [1.165, 1.54) is 6.42 Å². The zero-order valence-corrected chi connectivity index (χ0v) is 18.3. The molecule has 9 nitrogen and oxygen atoms in total. The van der Waals surface area contributed by atoms with Crippen molar-refractivity contribution in [2.45, 2.75) is 50.0 Å². The third-order valence-electron chi connectivity index (χ3n) is 7.41. The molecular weight excluding hydrogens is 418 g/mol. The minimum atomic E-state index is -0.772. The van der Waals surface area contributed by atoms with Gasteiger partial charge in [0.15, 0.2) is 5.82 Å². The van der Waals surface area contributed by atoms with Gasteiger partial charge in [-0.1, -0.05) is 18.6 Å². The van der Waals surface area contributed by atoms with Crippen molar-refractivity contribution >= 4 is 11.8 Å². The molecule has 0 unspecified atom stereocenters. The number of amides is 2. The molecular formula is C24H27N7O2. The fourth-order valence-electron chi connectivity index (χ4n) is 5.45. The third kappa shape index (κ3) is 3.48. The summed E-state index contributed by atoms with van der Waals surface area (Å²) in [4.78, 5) is 23.9. The standard InChI is InChI=1S/C24H27N7O2/c25-20(13-2-1-3-13)12-24(23-28-30-31-29-23)18-8-6-16(21(26)32)10-14(18)4-5-15-11-17(22(27)33)7-9-19(15)24/h6-11,13,20H,1-5,12,25H2,(H2,26,32)(H2,27,33)(H,28,29,30,31)/t20-/m1/s1. The van der Waals surface area contributed by atoms with E-state index in [0.717, 1.165) is 35.1 Å². The lowest BCUT2D eigenvalue weighted by molar-refractivity contribution is 0.0991. The quantitative estimate of drug-likeness (QED) is 0.447. The van der Waals surface area contributed by atoms with Gasteiger partial charge in [0, 0.05) is 17.2 Å². The monoisotopic (exact) mass is 445 g/mol. The van der Waals surface area contributed by atoms with Gasteiger partial charge in [-0.25, -0.2) is 5.10 Å². The van der Waals surface area contributed by atoms with E-state index in [2.05, 4.69) is 20.6 Å². The second-order valence-corrected chi connectivity index (χ2v) is 9.19. The van der Waals surface area contributed by atoms with E-state index in [-0.39, 0.29) is 6.04 Å². The summed E-state index contributed by atoms with van der Waals surface area (Å²) < 4.78 is 0. The first kappa shape index (κ1) is 21.3. The van der Waals surface area contributed by atoms with E-state index < -0.39 is 17.2 Å². The van der Waals surface area contributed by atoms with Crippen molar-refractivity contribution in [3.8, 4) is 0 Å². The Morgan fingerprint density at radius 3 is 2.00 bits per heavy atom. The van der Waals surface area contributed by atoms with Crippen LogP contribution in [-0.4, -0.2) is 38.5 Å². The van der Waals surface area contributed by atoms with Gasteiger partial charge in [0.1, 0.15) is 0 Å². The molecule has 1 heterocycles. The largest absolute Gasteiger partial charge is 0.366 e. The van der Waals surface area contributed by atoms with Crippen LogP contribution in [0.15, 0.2) is 36.4 Å². The highest BCUT2D eigenvalue weighted by molar-refractivity contribution is 5.94. The molecule has 0 aliphatic heterocycles. The van der Waals surface area contributed by atoms with E-state index in [1.54, 1.807) is 12.1 Å². The summed E-state index contributed by atoms with van der Waals surface area (Å²) in [7, 11) is 0. The summed E-state index contributed by atoms with van der Waals surface area (Å²) in [5, 5.41) is 15.1. The van der Waals surface area contributed by atoms with Gasteiger partial charge in [-0.05, 0) is 95.0 Å². The van der Waals surface area contributed by atoms with Crippen LogP contribution in [0.2, 0.25) is 0 Å². The molecule has 0 radical (unpaired) electrons. The molecule has 1 atom stereocenters. The number of rotatable bonds is 6. The Bertz CT molecular complexity index is 1150. The Morgan fingerprint density at radius 1 is 1.00 bits per heavy atom. The van der Waals surface area contributed by atoms with Gasteiger partial charge in [0.25, 0.3) is 0 Å². The number of aromatic nitrogens is 4. The van der Waals surface area contributed by atoms with E-state index in [9.17, 15) is 9.59 Å². The zero-order chi connectivity index (χ0) is 23.2. The van der Waals surface area contributed by atoms with Crippen LogP contribution in [0.5, 0.6) is 0 Å². The normalized spacial score (nSPS) is 17.8. The topological polar surface area (TPSA) is 167 Å². The van der Waals surface area contributed by atoms with Crippen molar-refractivity contribution in [2.24, 2.45) is 23.1 Å². The first-order chi connectivity index (χ1) is 15.9. The van der Waals surface area contributed by atoms with Gasteiger partial charge >= 0.3 is 0 Å². The van der Waals surface area contributed by atoms with Gasteiger partial charge in [-0.2, -0.15) is 0 Å². The molecule has 0 saturated heterocycles. The van der Waals surface area contributed by atoms with Gasteiger partial charge in [-0.3, -0.25) is 9.59 Å². The number of hydrogen-bond acceptors (Lipinski definition) is 6. The Morgan fingerprint density at radius 2 is 1.58 bits per heavy atom. The summed E-state index contributed by atoms with van der Waals surface area (Å²) in [5.74, 6) is 0.0605. The Balaban J connectivity index is 1.79. The van der Waals surface area contributed by atoms with Crippen LogP contribution in [0.4, 0.5) is 0 Å². The molecule has 1 aromatic heterocycles. The highest BCUT2D eigenvalue weighted by Crippen LogP contribution is 2.48. The van der Waals surface area contributed by atoms with Crippen LogP contribution in [0.25, 0.3) is 0 Å². The predicted octanol–water partition coefficient (Wildman–Crippen LogP) is 1.35. The molecule has 3 aromatic rings. The Labute approximate surface area is 191 Å². The molecule has 0 bridgehead atoms. The SMILES string of the molecule is NC(=O)c1ccc2c(c1)CCc1cc(C(N)=O)ccc1C2(C[C@@H](N)C1CCC1)c1nnn[nH]1. The fraction of sp³-hybridized carbons (Fsp3) is 0.375. The number of nitrogens with zero attached hydrogens (tertiary/aromatic N) is 3. The molecule has 5 rings (SSSR count). The summed E-state index contributed by atoms with van der Waals surface area (Å²) in [6, 6.07) is 11.0. The minimum absolute atomic E-state index is 0.0747. The Kier molecular flexibility index (Phi) is 5.20. The number of carbonyl (C=O) groups excluding carboxylic acids is 2. The smallest absolute Gasteiger partial charge is 0.248 e. The van der Waals surface area contributed by atoms with E-state index in [0.29, 0.717) is 42.1 Å². The van der Waals surface area contributed by atoms with E-state index >= 15 is 0 Å². The number of H-pyrrole nitrogens is 1. The van der Waals surface area contributed by atoms with Gasteiger partial charge < -0.3 is 17.2 Å². The number of hydrogen-bond donors (Lipinski definition) is 4. The molecule has 1 fully saturated rings. The third-order valence-corrected chi connectivity index (χ3v) is 7.41. The minimum Gasteiger partial charge on any atom is -0.366 e. The molecule has 2 aromatic carbocycles. The number of tetrazole rings is 1. The lowest BCUT2D eigenvalue weighted by Gasteiger charge is -2.40. The van der Waals surface area contributed by atoms with Gasteiger partial charge in [-0.15, -0.1) is 5.10 Å². The summed E-state index contributed by atoms with van der Waals surface area (Å²) in [6.07, 6.45) is 5.30. The highest BCUT2D eigenvalue weighted by Gasteiger charge is 2.46. The second kappa shape index (κ2) is 8.08. The number of aromatic amines is 1. The first-order valence-electron chi connectivity index (χ1n) is 11.3. The second-order valence-electron chi connectivity index (χ2n) is 9.19. The van der Waals surface area contributed by atoms with Crippen LogP contribution in [0, 0.1) is 5.92 Å². The van der Waals surface area contributed by atoms with Crippen molar-refractivity contribution in [1.29, 1.82) is 0 Å². The maximum absolute atomic E-state index is 11.9. The fourth-order valence-corrected chi connectivity index (χ4v) is 5.45.